The van der Waals surface area contributed by atoms with Crippen LogP contribution in [0.25, 0.3) is 0 Å². The van der Waals surface area contributed by atoms with E-state index in [9.17, 15) is 34.2 Å². The number of amides is 3. The third-order valence-corrected chi connectivity index (χ3v) is 5.21. The molecule has 0 saturated heterocycles. The monoisotopic (exact) mass is 560 g/mol. The maximum atomic E-state index is 12.9. The van der Waals surface area contributed by atoms with Crippen molar-refractivity contribution in [1.82, 2.24) is 16.0 Å². The molecule has 18 nitrogen and oxygen atoms in total. The van der Waals surface area contributed by atoms with Crippen molar-refractivity contribution >= 4 is 41.6 Å². The molecule has 0 aliphatic heterocycles. The molecule has 0 aromatic rings. The fourth-order valence-corrected chi connectivity index (χ4v) is 3.15. The highest BCUT2D eigenvalue weighted by Gasteiger charge is 2.32. The van der Waals surface area contributed by atoms with Crippen molar-refractivity contribution in [3.05, 3.63) is 0 Å². The lowest BCUT2D eigenvalue weighted by molar-refractivity contribution is -0.143. The number of rotatable bonds is 19. The van der Waals surface area contributed by atoms with E-state index in [0.29, 0.717) is 6.42 Å². The normalized spacial score (nSPS) is 14.4. The second-order valence-electron chi connectivity index (χ2n) is 8.62. The summed E-state index contributed by atoms with van der Waals surface area (Å²) in [5.74, 6) is -5.71. The Morgan fingerprint density at radius 3 is 1.72 bits per heavy atom. The molecule has 0 spiro atoms. The van der Waals surface area contributed by atoms with Gasteiger partial charge in [0.1, 0.15) is 18.1 Å². The van der Waals surface area contributed by atoms with Gasteiger partial charge in [0.25, 0.3) is 0 Å². The minimum Gasteiger partial charge on any atom is -0.481 e. The van der Waals surface area contributed by atoms with E-state index in [4.69, 9.17) is 33.8 Å². The van der Waals surface area contributed by atoms with Gasteiger partial charge in [-0.25, -0.2) is 4.79 Å². The van der Waals surface area contributed by atoms with Crippen LogP contribution in [-0.2, 0) is 24.0 Å². The summed E-state index contributed by atoms with van der Waals surface area (Å²) in [4.78, 5) is 68.3. The van der Waals surface area contributed by atoms with Crippen LogP contribution in [0.2, 0.25) is 0 Å². The number of aliphatic hydroxyl groups is 1. The van der Waals surface area contributed by atoms with Gasteiger partial charge in [0, 0.05) is 19.5 Å². The highest BCUT2D eigenvalue weighted by molar-refractivity contribution is 5.94. The molecule has 222 valence electrons. The lowest BCUT2D eigenvalue weighted by Gasteiger charge is -2.26. The van der Waals surface area contributed by atoms with Crippen molar-refractivity contribution in [2.24, 2.45) is 38.7 Å². The number of carboxylic acids is 2. The number of hydrogen-bond acceptors (Lipinski definition) is 9. The summed E-state index contributed by atoms with van der Waals surface area (Å²) in [5.41, 5.74) is 26.7. The first kappa shape index (κ1) is 34.8. The van der Waals surface area contributed by atoms with Crippen molar-refractivity contribution < 1.29 is 39.3 Å². The Kier molecular flexibility index (Phi) is 16.2. The summed E-state index contributed by atoms with van der Waals surface area (Å²) in [6, 6.07) is -5.52. The van der Waals surface area contributed by atoms with E-state index in [-0.39, 0.29) is 50.7 Å². The first-order valence-electron chi connectivity index (χ1n) is 12.1. The third kappa shape index (κ3) is 15.6. The average molecular weight is 561 g/mol. The quantitative estimate of drug-likeness (QED) is 0.0401. The molecule has 5 unspecified atom stereocenters. The molecule has 0 fully saturated rings. The van der Waals surface area contributed by atoms with Crippen LogP contribution in [0.3, 0.4) is 0 Å². The van der Waals surface area contributed by atoms with Gasteiger partial charge < -0.3 is 59.9 Å². The van der Waals surface area contributed by atoms with Crippen LogP contribution in [0.1, 0.15) is 45.4 Å². The van der Waals surface area contributed by atoms with Crippen molar-refractivity contribution in [1.29, 1.82) is 0 Å². The number of aliphatic imine (C=N–C) groups is 2. The Bertz CT molecular complexity index is 903. The minimum atomic E-state index is -1.63. The maximum absolute atomic E-state index is 12.9. The maximum Gasteiger partial charge on any atom is 0.326 e. The summed E-state index contributed by atoms with van der Waals surface area (Å²) >= 11 is 0. The van der Waals surface area contributed by atoms with E-state index in [0.717, 1.165) is 0 Å². The SMILES string of the molecule is CC(O)C(NC(=O)C(CCC(=O)O)NC(=O)C(N)CCCN=C(N)N)C(=O)NC(CCCN=C(N)N)C(=O)O. The predicted molar refractivity (Wildman–Crippen MR) is 140 cm³/mol. The average Bonchev–Trinajstić information content (AvgIpc) is 2.83. The molecule has 0 aliphatic carbocycles. The van der Waals surface area contributed by atoms with Gasteiger partial charge in [0.2, 0.25) is 17.7 Å². The van der Waals surface area contributed by atoms with Gasteiger partial charge in [-0.2, -0.15) is 0 Å². The molecule has 0 heterocycles. The summed E-state index contributed by atoms with van der Waals surface area (Å²) < 4.78 is 0. The molecule has 0 aromatic heterocycles. The summed E-state index contributed by atoms with van der Waals surface area (Å²) in [6.45, 7) is 1.50. The van der Waals surface area contributed by atoms with Gasteiger partial charge in [-0.1, -0.05) is 0 Å². The zero-order chi connectivity index (χ0) is 30.1. The molecule has 16 N–H and O–H groups in total. The highest BCUT2D eigenvalue weighted by Crippen LogP contribution is 2.05. The first-order valence-corrected chi connectivity index (χ1v) is 12.1. The first-order chi connectivity index (χ1) is 18.1. The van der Waals surface area contributed by atoms with E-state index < -0.39 is 66.4 Å². The molecule has 0 aliphatic rings. The molecular formula is C21H40N10O8. The fourth-order valence-electron chi connectivity index (χ4n) is 3.15. The molecule has 0 radical (unpaired) electrons. The number of aliphatic carboxylic acids is 2. The number of carboxylic acid groups (broad SMARTS) is 2. The van der Waals surface area contributed by atoms with Crippen molar-refractivity contribution in [2.45, 2.75) is 75.7 Å². The summed E-state index contributed by atoms with van der Waals surface area (Å²) in [7, 11) is 0. The smallest absolute Gasteiger partial charge is 0.326 e. The van der Waals surface area contributed by atoms with Gasteiger partial charge in [0.05, 0.1) is 12.1 Å². The summed E-state index contributed by atoms with van der Waals surface area (Å²) in [5, 5.41) is 35.3. The Balaban J connectivity index is 5.40. The minimum absolute atomic E-state index is 0.0588. The van der Waals surface area contributed by atoms with Crippen molar-refractivity contribution in [3.8, 4) is 0 Å². The second kappa shape index (κ2) is 18.1. The Hall–Kier alpha value is -4.19. The molecule has 18 heteroatoms. The molecule has 39 heavy (non-hydrogen) atoms. The zero-order valence-electron chi connectivity index (χ0n) is 21.7. The Morgan fingerprint density at radius 1 is 0.744 bits per heavy atom. The number of carbonyl (C=O) groups excluding carboxylic acids is 3. The van der Waals surface area contributed by atoms with Crippen LogP contribution in [0.4, 0.5) is 0 Å². The number of carbonyl (C=O) groups is 5. The number of guanidine groups is 2. The van der Waals surface area contributed by atoms with Crippen LogP contribution >= 0.6 is 0 Å². The van der Waals surface area contributed by atoms with Gasteiger partial charge >= 0.3 is 11.9 Å². The Morgan fingerprint density at radius 2 is 1.26 bits per heavy atom. The number of nitrogens with zero attached hydrogens (tertiary/aromatic N) is 2. The lowest BCUT2D eigenvalue weighted by atomic mass is 10.1. The molecule has 0 saturated carbocycles. The van der Waals surface area contributed by atoms with E-state index in [1.54, 1.807) is 0 Å². The van der Waals surface area contributed by atoms with Crippen molar-refractivity contribution in [2.75, 3.05) is 13.1 Å². The van der Waals surface area contributed by atoms with E-state index in [2.05, 4.69) is 25.9 Å². The van der Waals surface area contributed by atoms with Crippen LogP contribution in [-0.4, -0.2) is 100 Å². The van der Waals surface area contributed by atoms with E-state index in [1.807, 2.05) is 0 Å². The topological polar surface area (TPSA) is 337 Å². The van der Waals surface area contributed by atoms with Gasteiger partial charge in [-0.3, -0.25) is 29.2 Å². The largest absolute Gasteiger partial charge is 0.481 e. The lowest BCUT2D eigenvalue weighted by Crippen LogP contribution is -2.59. The van der Waals surface area contributed by atoms with E-state index in [1.165, 1.54) is 6.92 Å². The van der Waals surface area contributed by atoms with Crippen LogP contribution in [0, 0.1) is 0 Å². The van der Waals surface area contributed by atoms with Crippen LogP contribution < -0.4 is 44.6 Å². The third-order valence-electron chi connectivity index (χ3n) is 5.21. The van der Waals surface area contributed by atoms with Gasteiger partial charge in [-0.15, -0.1) is 0 Å². The zero-order valence-corrected chi connectivity index (χ0v) is 21.7. The Labute approximate surface area is 224 Å². The molecule has 5 atom stereocenters. The molecule has 0 aromatic carbocycles. The molecular weight excluding hydrogens is 520 g/mol. The summed E-state index contributed by atoms with van der Waals surface area (Å²) in [6.07, 6.45) is -1.72. The fraction of sp³-hybridized carbons (Fsp3) is 0.667. The molecule has 0 rings (SSSR count). The standard InChI is InChI=1S/C21H40N10O8/c1-10(32)15(18(37)30-13(19(38)39)5-3-9-28-21(25)26)31-17(36)12(6-7-14(33)34)29-16(35)11(22)4-2-8-27-20(23)24/h10-13,15,32H,2-9,22H2,1H3,(H,29,35)(H,30,37)(H,31,36)(H,33,34)(H,38,39)(H4,23,24,27)(H4,25,26,28). The van der Waals surface area contributed by atoms with Crippen molar-refractivity contribution in [3.63, 3.8) is 0 Å². The van der Waals surface area contributed by atoms with Crippen LogP contribution in [0.15, 0.2) is 9.98 Å². The predicted octanol–water partition coefficient (Wildman–Crippen LogP) is -4.79. The van der Waals surface area contributed by atoms with Gasteiger partial charge in [0.15, 0.2) is 11.9 Å². The van der Waals surface area contributed by atoms with Crippen LogP contribution in [0.5, 0.6) is 0 Å². The number of nitrogens with one attached hydrogen (secondary N) is 3. The number of hydrogen-bond donors (Lipinski definition) is 11. The highest BCUT2D eigenvalue weighted by atomic mass is 16.4. The number of aliphatic hydroxyl groups excluding tert-OH is 1. The molecule has 3 amide bonds. The molecule has 0 bridgehead atoms. The van der Waals surface area contributed by atoms with Gasteiger partial charge in [-0.05, 0) is 39.0 Å². The second-order valence-corrected chi connectivity index (χ2v) is 8.62. The number of nitrogens with two attached hydrogens (primary N) is 5. The van der Waals surface area contributed by atoms with E-state index >= 15 is 0 Å².